The van der Waals surface area contributed by atoms with E-state index in [9.17, 15) is 5.11 Å². The Balaban J connectivity index is 2.11. The topological polar surface area (TPSA) is 38.0 Å². The van der Waals surface area contributed by atoms with Crippen LogP contribution in [-0.2, 0) is 13.0 Å². The number of hydrogen-bond donors (Lipinski definition) is 1. The molecule has 0 aliphatic carbocycles. The summed E-state index contributed by atoms with van der Waals surface area (Å²) in [6, 6.07) is 1.71. The van der Waals surface area contributed by atoms with E-state index in [2.05, 4.69) is 5.10 Å². The van der Waals surface area contributed by atoms with Crippen LogP contribution in [-0.4, -0.2) is 14.9 Å². The van der Waals surface area contributed by atoms with Gasteiger partial charge in [0.2, 0.25) is 0 Å². The second-order valence-electron chi connectivity index (χ2n) is 3.70. The fourth-order valence-corrected chi connectivity index (χ4v) is 3.17. The van der Waals surface area contributed by atoms with Crippen LogP contribution in [0.1, 0.15) is 24.2 Å². The molecule has 1 unspecified atom stereocenters. The third kappa shape index (κ3) is 3.01. The summed E-state index contributed by atoms with van der Waals surface area (Å²) in [6.07, 6.45) is 3.53. The van der Waals surface area contributed by atoms with Gasteiger partial charge in [0, 0.05) is 24.7 Å². The molecule has 0 saturated heterocycles. The number of thiophene rings is 1. The van der Waals surface area contributed by atoms with Gasteiger partial charge < -0.3 is 5.11 Å². The molecule has 92 valence electrons. The summed E-state index contributed by atoms with van der Waals surface area (Å²) in [7, 11) is 0. The van der Waals surface area contributed by atoms with Crippen molar-refractivity contribution in [2.45, 2.75) is 26.0 Å². The van der Waals surface area contributed by atoms with Crippen molar-refractivity contribution in [1.82, 2.24) is 9.78 Å². The van der Waals surface area contributed by atoms with Crippen LogP contribution in [0.5, 0.6) is 0 Å². The molecule has 1 N–H and O–H groups in total. The van der Waals surface area contributed by atoms with Crippen LogP contribution in [0.15, 0.2) is 18.5 Å². The quantitative estimate of drug-likeness (QED) is 0.935. The van der Waals surface area contributed by atoms with Crippen LogP contribution in [0.4, 0.5) is 0 Å². The van der Waals surface area contributed by atoms with E-state index >= 15 is 0 Å². The second-order valence-corrected chi connectivity index (χ2v) is 5.99. The predicted octanol–water partition coefficient (Wildman–Crippen LogP) is 3.55. The van der Waals surface area contributed by atoms with Gasteiger partial charge in [0.15, 0.2) is 0 Å². The Hall–Kier alpha value is -0.550. The summed E-state index contributed by atoms with van der Waals surface area (Å²) in [5.41, 5.74) is 1.67. The molecule has 3 nitrogen and oxygen atoms in total. The van der Waals surface area contributed by atoms with Crippen molar-refractivity contribution >= 4 is 34.5 Å². The van der Waals surface area contributed by atoms with E-state index in [1.165, 1.54) is 11.3 Å². The van der Waals surface area contributed by atoms with Crippen molar-refractivity contribution in [3.8, 4) is 0 Å². The minimum Gasteiger partial charge on any atom is -0.388 e. The Labute approximate surface area is 114 Å². The van der Waals surface area contributed by atoms with Gasteiger partial charge in [-0.1, -0.05) is 23.2 Å². The molecule has 2 aromatic rings. The average Bonchev–Trinajstić information content (AvgIpc) is 2.85. The van der Waals surface area contributed by atoms with E-state index in [-0.39, 0.29) is 0 Å². The van der Waals surface area contributed by atoms with E-state index in [0.29, 0.717) is 20.7 Å². The fraction of sp³-hybridized carbons (Fsp3) is 0.364. The van der Waals surface area contributed by atoms with Crippen LogP contribution < -0.4 is 0 Å². The molecule has 2 rings (SSSR count). The molecule has 0 aliphatic heterocycles. The molecular formula is C11H12Cl2N2OS. The Morgan fingerprint density at radius 2 is 2.29 bits per heavy atom. The van der Waals surface area contributed by atoms with Gasteiger partial charge in [-0.25, -0.2) is 0 Å². The van der Waals surface area contributed by atoms with Gasteiger partial charge in [-0.3, -0.25) is 4.68 Å². The molecule has 0 bridgehead atoms. The van der Waals surface area contributed by atoms with E-state index in [1.807, 2.05) is 17.8 Å². The molecule has 0 saturated carbocycles. The molecule has 0 fully saturated rings. The maximum absolute atomic E-state index is 10.1. The number of nitrogens with zero attached hydrogens (tertiary/aromatic N) is 2. The number of aryl methyl sites for hydroxylation is 1. The smallest absolute Gasteiger partial charge is 0.100 e. The number of hydrogen-bond acceptors (Lipinski definition) is 3. The maximum atomic E-state index is 10.1. The van der Waals surface area contributed by atoms with Crippen LogP contribution in [0.2, 0.25) is 8.67 Å². The summed E-state index contributed by atoms with van der Waals surface area (Å²) in [5, 5.41) is 14.2. The highest BCUT2D eigenvalue weighted by atomic mass is 35.5. The van der Waals surface area contributed by atoms with Crippen molar-refractivity contribution in [1.29, 1.82) is 0 Å². The molecular weight excluding hydrogens is 279 g/mol. The van der Waals surface area contributed by atoms with Gasteiger partial charge in [0.1, 0.15) is 4.34 Å². The SMILES string of the molecule is CCn1cc(CC(O)c2cc(Cl)sc2Cl)cn1. The summed E-state index contributed by atoms with van der Waals surface area (Å²) < 4.78 is 2.96. The highest BCUT2D eigenvalue weighted by molar-refractivity contribution is 7.20. The zero-order valence-electron chi connectivity index (χ0n) is 9.23. The van der Waals surface area contributed by atoms with Gasteiger partial charge in [-0.2, -0.15) is 5.10 Å². The highest BCUT2D eigenvalue weighted by Gasteiger charge is 2.16. The van der Waals surface area contributed by atoms with Crippen molar-refractivity contribution in [3.05, 3.63) is 38.3 Å². The minimum absolute atomic E-state index is 0.493. The van der Waals surface area contributed by atoms with Gasteiger partial charge in [0.05, 0.1) is 16.6 Å². The number of rotatable bonds is 4. The molecule has 2 aromatic heterocycles. The molecule has 2 heterocycles. The molecule has 0 spiro atoms. The summed E-state index contributed by atoms with van der Waals surface area (Å²) in [6.45, 7) is 2.84. The van der Waals surface area contributed by atoms with E-state index in [0.717, 1.165) is 12.1 Å². The average molecular weight is 291 g/mol. The van der Waals surface area contributed by atoms with Crippen LogP contribution in [0.3, 0.4) is 0 Å². The lowest BCUT2D eigenvalue weighted by Crippen LogP contribution is -2.00. The molecule has 0 aromatic carbocycles. The lowest BCUT2D eigenvalue weighted by molar-refractivity contribution is 0.179. The molecule has 0 radical (unpaired) electrons. The largest absolute Gasteiger partial charge is 0.388 e. The summed E-state index contributed by atoms with van der Waals surface area (Å²) >= 11 is 13.1. The number of aromatic nitrogens is 2. The van der Waals surface area contributed by atoms with E-state index in [1.54, 1.807) is 12.3 Å². The Morgan fingerprint density at radius 3 is 2.82 bits per heavy atom. The van der Waals surface area contributed by atoms with Gasteiger partial charge in [-0.05, 0) is 18.6 Å². The number of aliphatic hydroxyl groups is 1. The van der Waals surface area contributed by atoms with Crippen molar-refractivity contribution in [2.75, 3.05) is 0 Å². The first-order chi connectivity index (χ1) is 8.10. The Kier molecular flexibility index (Phi) is 4.09. The normalized spacial score (nSPS) is 12.9. The van der Waals surface area contributed by atoms with Crippen LogP contribution >= 0.6 is 34.5 Å². The van der Waals surface area contributed by atoms with Gasteiger partial charge >= 0.3 is 0 Å². The molecule has 0 amide bonds. The first-order valence-electron chi connectivity index (χ1n) is 5.24. The van der Waals surface area contributed by atoms with E-state index in [4.69, 9.17) is 23.2 Å². The summed E-state index contributed by atoms with van der Waals surface area (Å²) in [5.74, 6) is 0. The lowest BCUT2D eigenvalue weighted by Gasteiger charge is -2.07. The third-order valence-electron chi connectivity index (χ3n) is 2.48. The van der Waals surface area contributed by atoms with Crippen molar-refractivity contribution in [3.63, 3.8) is 0 Å². The lowest BCUT2D eigenvalue weighted by atomic mass is 10.1. The maximum Gasteiger partial charge on any atom is 0.100 e. The minimum atomic E-state index is -0.638. The van der Waals surface area contributed by atoms with Crippen LogP contribution in [0.25, 0.3) is 0 Å². The first-order valence-corrected chi connectivity index (χ1v) is 6.81. The van der Waals surface area contributed by atoms with Gasteiger partial charge in [-0.15, -0.1) is 11.3 Å². The first kappa shape index (κ1) is 12.9. The predicted molar refractivity (Wildman–Crippen MR) is 70.9 cm³/mol. The molecule has 6 heteroatoms. The highest BCUT2D eigenvalue weighted by Crippen LogP contribution is 2.35. The fourth-order valence-electron chi connectivity index (χ4n) is 1.60. The zero-order valence-corrected chi connectivity index (χ0v) is 11.6. The van der Waals surface area contributed by atoms with Gasteiger partial charge in [0.25, 0.3) is 0 Å². The summed E-state index contributed by atoms with van der Waals surface area (Å²) in [4.78, 5) is 0. The number of halogens is 2. The monoisotopic (exact) mass is 290 g/mol. The molecule has 17 heavy (non-hydrogen) atoms. The Morgan fingerprint density at radius 1 is 1.53 bits per heavy atom. The zero-order chi connectivity index (χ0) is 12.4. The molecule has 1 atom stereocenters. The second kappa shape index (κ2) is 5.40. The van der Waals surface area contributed by atoms with E-state index < -0.39 is 6.10 Å². The Bertz CT molecular complexity index is 509. The molecule has 0 aliphatic rings. The third-order valence-corrected chi connectivity index (χ3v) is 4.00. The van der Waals surface area contributed by atoms with Crippen molar-refractivity contribution in [2.24, 2.45) is 0 Å². The van der Waals surface area contributed by atoms with Crippen LogP contribution in [0, 0.1) is 0 Å². The van der Waals surface area contributed by atoms with Crippen molar-refractivity contribution < 1.29 is 5.11 Å². The standard InChI is InChI=1S/C11H12Cl2N2OS/c1-2-15-6-7(5-14-15)3-9(16)8-4-10(12)17-11(8)13/h4-6,9,16H,2-3H2,1H3. The number of aliphatic hydroxyl groups excluding tert-OH is 1.